The highest BCUT2D eigenvalue weighted by Gasteiger charge is 2.30. The molecule has 2 atom stereocenters. The maximum atomic E-state index is 10.3. The molecule has 0 aliphatic heterocycles. The summed E-state index contributed by atoms with van der Waals surface area (Å²) in [5.74, 6) is 1.26. The number of ether oxygens (including phenoxy) is 2. The van der Waals surface area contributed by atoms with Gasteiger partial charge in [0.25, 0.3) is 0 Å². The Morgan fingerprint density at radius 2 is 1.55 bits per heavy atom. The maximum absolute atomic E-state index is 10.3. The molecule has 116 valence electrons. The van der Waals surface area contributed by atoms with Gasteiger partial charge in [0.2, 0.25) is 0 Å². The van der Waals surface area contributed by atoms with Crippen LogP contribution in [-0.4, -0.2) is 25.4 Å². The Bertz CT molecular complexity index is 424. The molecule has 6 heteroatoms. The van der Waals surface area contributed by atoms with E-state index in [-0.39, 0.29) is 17.8 Å². The molecule has 1 rings (SSSR count). The molecule has 0 spiro atoms. The van der Waals surface area contributed by atoms with Crippen LogP contribution in [0.3, 0.4) is 0 Å². The van der Waals surface area contributed by atoms with E-state index in [4.69, 9.17) is 15.2 Å². The van der Waals surface area contributed by atoms with E-state index in [1.807, 2.05) is 32.9 Å². The molecule has 0 amide bonds. The van der Waals surface area contributed by atoms with E-state index in [1.165, 1.54) is 0 Å². The van der Waals surface area contributed by atoms with Gasteiger partial charge in [0, 0.05) is 0 Å². The number of aliphatic hydroxyl groups is 1. The summed E-state index contributed by atoms with van der Waals surface area (Å²) in [6.07, 6.45) is -0.664. The molecular weight excluding hydrogens is 346 g/mol. The van der Waals surface area contributed by atoms with Crippen LogP contribution in [0.15, 0.2) is 16.6 Å². The molecule has 0 aliphatic rings. The van der Waals surface area contributed by atoms with E-state index < -0.39 is 12.1 Å². The third-order valence-electron chi connectivity index (χ3n) is 3.08. The van der Waals surface area contributed by atoms with Gasteiger partial charge in [0.05, 0.1) is 26.4 Å². The number of rotatable bonds is 4. The van der Waals surface area contributed by atoms with Gasteiger partial charge in [-0.2, -0.15) is 0 Å². The lowest BCUT2D eigenvalue weighted by Crippen LogP contribution is -2.37. The van der Waals surface area contributed by atoms with E-state index in [0.29, 0.717) is 11.5 Å². The average Bonchev–Trinajstić information content (AvgIpc) is 2.36. The van der Waals surface area contributed by atoms with Crippen molar-refractivity contribution in [1.29, 1.82) is 0 Å². The van der Waals surface area contributed by atoms with E-state index in [0.717, 1.165) is 10.0 Å². The van der Waals surface area contributed by atoms with Crippen molar-refractivity contribution in [2.24, 2.45) is 11.1 Å². The number of hydrogen-bond acceptors (Lipinski definition) is 4. The van der Waals surface area contributed by atoms with E-state index in [9.17, 15) is 5.11 Å². The molecule has 3 N–H and O–H groups in total. The lowest BCUT2D eigenvalue weighted by molar-refractivity contribution is 0.0400. The Kier molecular flexibility index (Phi) is 7.32. The zero-order valence-electron chi connectivity index (χ0n) is 12.4. The minimum Gasteiger partial charge on any atom is -0.495 e. The molecule has 0 aromatic heterocycles. The van der Waals surface area contributed by atoms with Gasteiger partial charge in [0.1, 0.15) is 16.0 Å². The standard InChI is InChI=1S/C14H22BrNO3.ClH/c1-14(2,3)13(17)12(16)8-6-9(18-4)11(15)10(7-8)19-5;/h6-7,12-13,17H,16H2,1-5H3;1H/t12-,13-;/m0./s1. The van der Waals surface area contributed by atoms with Gasteiger partial charge in [-0.05, 0) is 39.0 Å². The van der Waals surface area contributed by atoms with Crippen molar-refractivity contribution in [3.8, 4) is 11.5 Å². The molecular formula is C14H23BrClNO3. The molecule has 20 heavy (non-hydrogen) atoms. The second-order valence-electron chi connectivity index (χ2n) is 5.58. The van der Waals surface area contributed by atoms with Crippen LogP contribution in [0.25, 0.3) is 0 Å². The molecule has 0 unspecified atom stereocenters. The number of nitrogens with two attached hydrogens (primary N) is 1. The molecule has 0 fully saturated rings. The minimum atomic E-state index is -0.664. The lowest BCUT2D eigenvalue weighted by Gasteiger charge is -2.31. The summed E-state index contributed by atoms with van der Waals surface area (Å²) in [6.45, 7) is 5.85. The Labute approximate surface area is 135 Å². The van der Waals surface area contributed by atoms with Gasteiger partial charge in [-0.25, -0.2) is 0 Å². The fourth-order valence-corrected chi connectivity index (χ4v) is 2.36. The number of aliphatic hydroxyl groups excluding tert-OH is 1. The number of halogens is 2. The Morgan fingerprint density at radius 3 is 1.85 bits per heavy atom. The first-order valence-corrected chi connectivity index (χ1v) is 6.86. The van der Waals surface area contributed by atoms with Gasteiger partial charge in [-0.15, -0.1) is 12.4 Å². The summed E-state index contributed by atoms with van der Waals surface area (Å²) in [4.78, 5) is 0. The molecule has 0 bridgehead atoms. The summed E-state index contributed by atoms with van der Waals surface area (Å²) in [6, 6.07) is 3.12. The highest BCUT2D eigenvalue weighted by atomic mass is 79.9. The molecule has 4 nitrogen and oxygen atoms in total. The molecule has 0 radical (unpaired) electrons. The quantitative estimate of drug-likeness (QED) is 0.856. The first kappa shape index (κ1) is 19.5. The lowest BCUT2D eigenvalue weighted by atomic mass is 9.82. The Morgan fingerprint density at radius 1 is 1.15 bits per heavy atom. The van der Waals surface area contributed by atoms with Crippen LogP contribution in [0.4, 0.5) is 0 Å². The van der Waals surface area contributed by atoms with Crippen LogP contribution in [0, 0.1) is 5.41 Å². The SMILES string of the molecule is COc1cc([C@H](N)[C@H](O)C(C)(C)C)cc(OC)c1Br.Cl. The number of hydrogen-bond donors (Lipinski definition) is 2. The first-order valence-electron chi connectivity index (χ1n) is 6.07. The van der Waals surface area contributed by atoms with Crippen molar-refractivity contribution in [2.75, 3.05) is 14.2 Å². The summed E-state index contributed by atoms with van der Waals surface area (Å²) in [5.41, 5.74) is 6.62. The zero-order valence-corrected chi connectivity index (χ0v) is 14.8. The highest BCUT2D eigenvalue weighted by molar-refractivity contribution is 9.10. The third-order valence-corrected chi connectivity index (χ3v) is 3.86. The largest absolute Gasteiger partial charge is 0.495 e. The topological polar surface area (TPSA) is 64.7 Å². The van der Waals surface area contributed by atoms with Crippen molar-refractivity contribution in [2.45, 2.75) is 32.9 Å². The van der Waals surface area contributed by atoms with E-state index in [1.54, 1.807) is 14.2 Å². The zero-order chi connectivity index (χ0) is 14.8. The summed E-state index contributed by atoms with van der Waals surface area (Å²) in [5, 5.41) is 10.3. The number of benzene rings is 1. The highest BCUT2D eigenvalue weighted by Crippen LogP contribution is 2.38. The molecule has 0 heterocycles. The Balaban J connectivity index is 0.00000361. The van der Waals surface area contributed by atoms with Gasteiger partial charge in [-0.1, -0.05) is 20.8 Å². The van der Waals surface area contributed by atoms with Crippen molar-refractivity contribution in [1.82, 2.24) is 0 Å². The van der Waals surface area contributed by atoms with Crippen LogP contribution >= 0.6 is 28.3 Å². The molecule has 0 saturated heterocycles. The predicted molar refractivity (Wildman–Crippen MR) is 86.9 cm³/mol. The smallest absolute Gasteiger partial charge is 0.137 e. The van der Waals surface area contributed by atoms with Gasteiger partial charge in [-0.3, -0.25) is 0 Å². The van der Waals surface area contributed by atoms with Crippen molar-refractivity contribution in [3.05, 3.63) is 22.2 Å². The van der Waals surface area contributed by atoms with Crippen molar-refractivity contribution >= 4 is 28.3 Å². The van der Waals surface area contributed by atoms with E-state index in [2.05, 4.69) is 15.9 Å². The van der Waals surface area contributed by atoms with Crippen LogP contribution in [0.2, 0.25) is 0 Å². The molecule has 0 aliphatic carbocycles. The van der Waals surface area contributed by atoms with Crippen LogP contribution in [-0.2, 0) is 0 Å². The van der Waals surface area contributed by atoms with Gasteiger partial charge < -0.3 is 20.3 Å². The first-order chi connectivity index (χ1) is 8.72. The fourth-order valence-electron chi connectivity index (χ4n) is 1.80. The minimum absolute atomic E-state index is 0. The Hall–Kier alpha value is -0.490. The summed E-state index contributed by atoms with van der Waals surface area (Å²) < 4.78 is 11.3. The number of methoxy groups -OCH3 is 2. The van der Waals surface area contributed by atoms with Crippen LogP contribution in [0.1, 0.15) is 32.4 Å². The predicted octanol–water partition coefficient (Wildman–Crippen LogP) is 3.29. The monoisotopic (exact) mass is 367 g/mol. The van der Waals surface area contributed by atoms with Crippen LogP contribution < -0.4 is 15.2 Å². The summed E-state index contributed by atoms with van der Waals surface area (Å²) in [7, 11) is 3.16. The maximum Gasteiger partial charge on any atom is 0.137 e. The second-order valence-corrected chi connectivity index (χ2v) is 6.37. The summed E-state index contributed by atoms with van der Waals surface area (Å²) >= 11 is 3.41. The molecule has 1 aromatic carbocycles. The van der Waals surface area contributed by atoms with Gasteiger partial charge in [0.15, 0.2) is 0 Å². The van der Waals surface area contributed by atoms with Crippen molar-refractivity contribution < 1.29 is 14.6 Å². The van der Waals surface area contributed by atoms with Gasteiger partial charge >= 0.3 is 0 Å². The van der Waals surface area contributed by atoms with Crippen LogP contribution in [0.5, 0.6) is 11.5 Å². The molecule has 0 saturated carbocycles. The molecule has 1 aromatic rings. The van der Waals surface area contributed by atoms with Crippen molar-refractivity contribution in [3.63, 3.8) is 0 Å². The fraction of sp³-hybridized carbons (Fsp3) is 0.571. The average molecular weight is 369 g/mol. The normalized spacial score (nSPS) is 14.2. The van der Waals surface area contributed by atoms with E-state index >= 15 is 0 Å². The second kappa shape index (κ2) is 7.50. The third kappa shape index (κ3) is 4.25.